The number of likely N-dealkylation sites (tertiary alicyclic amines) is 1. The summed E-state index contributed by atoms with van der Waals surface area (Å²) in [5.41, 5.74) is 7.58. The van der Waals surface area contributed by atoms with Crippen LogP contribution < -0.4 is 5.73 Å². The van der Waals surface area contributed by atoms with E-state index in [-0.39, 0.29) is 11.8 Å². The van der Waals surface area contributed by atoms with Gasteiger partial charge in [-0.1, -0.05) is 12.1 Å². The molecular weight excluding hydrogens is 262 g/mol. The number of rotatable bonds is 2. The molecule has 0 saturated carbocycles. The maximum atomic E-state index is 12.8. The van der Waals surface area contributed by atoms with E-state index in [0.29, 0.717) is 12.1 Å². The average molecular weight is 287 g/mol. The van der Waals surface area contributed by atoms with E-state index in [1.165, 1.54) is 12.8 Å². The molecule has 2 bridgehead atoms. The van der Waals surface area contributed by atoms with Crippen LogP contribution in [0.2, 0.25) is 0 Å². The zero-order valence-electron chi connectivity index (χ0n) is 13.0. The minimum atomic E-state index is -0.115. The first-order valence-electron chi connectivity index (χ1n) is 7.92. The van der Waals surface area contributed by atoms with Crippen molar-refractivity contribution in [3.63, 3.8) is 0 Å². The molecule has 0 spiro atoms. The predicted octanol–water partition coefficient (Wildman–Crippen LogP) is 2.07. The van der Waals surface area contributed by atoms with Gasteiger partial charge in [-0.3, -0.25) is 9.69 Å². The van der Waals surface area contributed by atoms with Crippen LogP contribution in [0.4, 0.5) is 5.69 Å². The molecule has 3 unspecified atom stereocenters. The van der Waals surface area contributed by atoms with Crippen LogP contribution >= 0.6 is 0 Å². The molecule has 3 rings (SSSR count). The summed E-state index contributed by atoms with van der Waals surface area (Å²) in [6, 6.07) is 8.89. The topological polar surface area (TPSA) is 49.6 Å². The summed E-state index contributed by atoms with van der Waals surface area (Å²) in [6.45, 7) is 3.75. The van der Waals surface area contributed by atoms with Gasteiger partial charge >= 0.3 is 0 Å². The van der Waals surface area contributed by atoms with Crippen molar-refractivity contribution < 1.29 is 4.79 Å². The first kappa shape index (κ1) is 14.4. The standard InChI is InChI=1S/C17H25N3O/c1-12(13-4-3-5-14(18)10-13)17(21)20-9-8-15-6-7-16(11-20)19(15)2/h3-5,10,12,15-16H,6-9,11,18H2,1-2H3. The number of anilines is 1. The lowest BCUT2D eigenvalue weighted by atomic mass is 9.98. The van der Waals surface area contributed by atoms with Crippen LogP contribution in [0, 0.1) is 0 Å². The number of nitrogens with two attached hydrogens (primary N) is 1. The highest BCUT2D eigenvalue weighted by Crippen LogP contribution is 2.30. The Kier molecular flexibility index (Phi) is 3.89. The lowest BCUT2D eigenvalue weighted by Crippen LogP contribution is -2.41. The Balaban J connectivity index is 1.73. The molecule has 21 heavy (non-hydrogen) atoms. The highest BCUT2D eigenvalue weighted by molar-refractivity contribution is 5.83. The number of carbonyl (C=O) groups is 1. The fraction of sp³-hybridized carbons (Fsp3) is 0.588. The molecule has 0 aromatic heterocycles. The van der Waals surface area contributed by atoms with Gasteiger partial charge in [0.1, 0.15) is 0 Å². The Morgan fingerprint density at radius 1 is 1.29 bits per heavy atom. The molecule has 3 atom stereocenters. The van der Waals surface area contributed by atoms with E-state index in [0.717, 1.165) is 30.8 Å². The van der Waals surface area contributed by atoms with Crippen LogP contribution in [0.1, 0.15) is 37.7 Å². The van der Waals surface area contributed by atoms with Crippen LogP contribution in [-0.4, -0.2) is 47.9 Å². The van der Waals surface area contributed by atoms with Gasteiger partial charge in [-0.25, -0.2) is 0 Å². The number of nitrogen functional groups attached to an aromatic ring is 1. The maximum Gasteiger partial charge on any atom is 0.229 e. The number of hydrogen-bond donors (Lipinski definition) is 1. The largest absolute Gasteiger partial charge is 0.399 e. The molecule has 2 N–H and O–H groups in total. The summed E-state index contributed by atoms with van der Waals surface area (Å²) in [6.07, 6.45) is 3.61. The van der Waals surface area contributed by atoms with E-state index >= 15 is 0 Å². The zero-order chi connectivity index (χ0) is 15.0. The molecule has 0 aliphatic carbocycles. The van der Waals surface area contributed by atoms with Gasteiger partial charge in [0.05, 0.1) is 5.92 Å². The second-order valence-electron chi connectivity index (χ2n) is 6.52. The Labute approximate surface area is 126 Å². The summed E-state index contributed by atoms with van der Waals surface area (Å²) < 4.78 is 0. The Morgan fingerprint density at radius 2 is 2.05 bits per heavy atom. The van der Waals surface area contributed by atoms with Gasteiger partial charge in [0.2, 0.25) is 5.91 Å². The highest BCUT2D eigenvalue weighted by Gasteiger charge is 2.36. The molecule has 2 saturated heterocycles. The molecule has 2 heterocycles. The van der Waals surface area contributed by atoms with Crippen LogP contribution in [0.3, 0.4) is 0 Å². The van der Waals surface area contributed by atoms with E-state index in [1.54, 1.807) is 0 Å². The van der Waals surface area contributed by atoms with Gasteiger partial charge in [0.15, 0.2) is 0 Å². The zero-order valence-corrected chi connectivity index (χ0v) is 13.0. The molecule has 4 heteroatoms. The van der Waals surface area contributed by atoms with Crippen molar-refractivity contribution in [2.75, 3.05) is 25.9 Å². The monoisotopic (exact) mass is 287 g/mol. The summed E-state index contributed by atoms with van der Waals surface area (Å²) >= 11 is 0. The smallest absolute Gasteiger partial charge is 0.229 e. The van der Waals surface area contributed by atoms with Gasteiger partial charge in [-0.15, -0.1) is 0 Å². The summed E-state index contributed by atoms with van der Waals surface area (Å²) in [7, 11) is 2.21. The quantitative estimate of drug-likeness (QED) is 0.847. The highest BCUT2D eigenvalue weighted by atomic mass is 16.2. The molecule has 1 amide bonds. The third-order valence-corrected chi connectivity index (χ3v) is 5.24. The number of carbonyl (C=O) groups excluding carboxylic acids is 1. The number of amides is 1. The van der Waals surface area contributed by atoms with Crippen LogP contribution in [-0.2, 0) is 4.79 Å². The molecular formula is C17H25N3O. The van der Waals surface area contributed by atoms with E-state index in [2.05, 4.69) is 16.8 Å². The number of benzene rings is 1. The number of hydrogen-bond acceptors (Lipinski definition) is 3. The first-order valence-corrected chi connectivity index (χ1v) is 7.92. The number of fused-ring (bicyclic) bond motifs is 2. The molecule has 0 radical (unpaired) electrons. The van der Waals surface area contributed by atoms with Crippen molar-refractivity contribution in [3.05, 3.63) is 29.8 Å². The lowest BCUT2D eigenvalue weighted by molar-refractivity contribution is -0.132. The van der Waals surface area contributed by atoms with E-state index in [1.807, 2.05) is 31.2 Å². The summed E-state index contributed by atoms with van der Waals surface area (Å²) in [4.78, 5) is 17.3. The third kappa shape index (κ3) is 2.77. The lowest BCUT2D eigenvalue weighted by Gasteiger charge is -2.28. The predicted molar refractivity (Wildman–Crippen MR) is 85.0 cm³/mol. The van der Waals surface area contributed by atoms with Gasteiger partial charge in [0.25, 0.3) is 0 Å². The first-order chi connectivity index (χ1) is 10.1. The van der Waals surface area contributed by atoms with Crippen LogP contribution in [0.25, 0.3) is 0 Å². The van der Waals surface area contributed by atoms with Gasteiger partial charge < -0.3 is 10.6 Å². The molecule has 2 aliphatic heterocycles. The van der Waals surface area contributed by atoms with E-state index in [9.17, 15) is 4.79 Å². The van der Waals surface area contributed by atoms with E-state index in [4.69, 9.17) is 5.73 Å². The van der Waals surface area contributed by atoms with E-state index < -0.39 is 0 Å². The van der Waals surface area contributed by atoms with Crippen molar-refractivity contribution in [1.29, 1.82) is 0 Å². The molecule has 2 aliphatic rings. The van der Waals surface area contributed by atoms with Crippen LogP contribution in [0.5, 0.6) is 0 Å². The Bertz CT molecular complexity index is 531. The summed E-state index contributed by atoms with van der Waals surface area (Å²) in [5.74, 6) is 0.122. The minimum Gasteiger partial charge on any atom is -0.399 e. The van der Waals surface area contributed by atoms with Gasteiger partial charge in [-0.2, -0.15) is 0 Å². The summed E-state index contributed by atoms with van der Waals surface area (Å²) in [5, 5.41) is 0. The average Bonchev–Trinajstić information content (AvgIpc) is 2.71. The van der Waals surface area contributed by atoms with Crippen molar-refractivity contribution in [3.8, 4) is 0 Å². The molecule has 4 nitrogen and oxygen atoms in total. The Hall–Kier alpha value is -1.55. The van der Waals surface area contributed by atoms with Gasteiger partial charge in [-0.05, 0) is 50.9 Å². The minimum absolute atomic E-state index is 0.115. The van der Waals surface area contributed by atoms with Gasteiger partial charge in [0, 0.05) is 30.9 Å². The number of likely N-dealkylation sites (N-methyl/N-ethyl adjacent to an activating group) is 1. The molecule has 114 valence electrons. The second-order valence-corrected chi connectivity index (χ2v) is 6.52. The van der Waals surface area contributed by atoms with Crippen molar-refractivity contribution >= 4 is 11.6 Å². The maximum absolute atomic E-state index is 12.8. The molecule has 1 aromatic rings. The SMILES string of the molecule is CC(C(=O)N1CCC2CCC(C1)N2C)c1cccc(N)c1. The van der Waals surface area contributed by atoms with Crippen molar-refractivity contribution in [2.45, 2.75) is 44.2 Å². The molecule has 1 aromatic carbocycles. The normalized spacial score (nSPS) is 27.4. The second kappa shape index (κ2) is 5.68. The number of nitrogens with zero attached hydrogens (tertiary/aromatic N) is 2. The van der Waals surface area contributed by atoms with Crippen LogP contribution in [0.15, 0.2) is 24.3 Å². The fourth-order valence-corrected chi connectivity index (χ4v) is 3.75. The third-order valence-electron chi connectivity index (χ3n) is 5.24. The Morgan fingerprint density at radius 3 is 2.81 bits per heavy atom. The van der Waals surface area contributed by atoms with Crippen molar-refractivity contribution in [1.82, 2.24) is 9.80 Å². The van der Waals surface area contributed by atoms with Crippen molar-refractivity contribution in [2.24, 2.45) is 0 Å². The molecule has 2 fully saturated rings. The fourth-order valence-electron chi connectivity index (χ4n) is 3.75.